The molecule has 134 valence electrons. The Morgan fingerprint density at radius 2 is 2.00 bits per heavy atom. The summed E-state index contributed by atoms with van der Waals surface area (Å²) in [6.45, 7) is 1.40. The fourth-order valence-electron chi connectivity index (χ4n) is 2.23. The number of nitriles is 1. The van der Waals surface area contributed by atoms with E-state index in [1.807, 2.05) is 6.07 Å². The molecule has 0 bridgehead atoms. The van der Waals surface area contributed by atoms with E-state index in [0.717, 1.165) is 0 Å². The maximum atomic E-state index is 11.2. The van der Waals surface area contributed by atoms with Crippen molar-refractivity contribution in [2.75, 3.05) is 5.32 Å². The van der Waals surface area contributed by atoms with Gasteiger partial charge in [0.2, 0.25) is 0 Å². The summed E-state index contributed by atoms with van der Waals surface area (Å²) >= 11 is 17.5. The summed E-state index contributed by atoms with van der Waals surface area (Å²) in [5.74, 6) is -0.149. The second-order valence-corrected chi connectivity index (χ2v) is 6.33. The maximum absolute atomic E-state index is 11.2. The SMILES string of the molecule is CC(O)=C(C(=S)Nc1c(Cl)cccc1[N+](=O)[O-])c1ccc(C#N)cc1Cl.[H-].[K+]. The minimum atomic E-state index is -0.597. The van der Waals surface area contributed by atoms with E-state index in [2.05, 4.69) is 5.32 Å². The number of allylic oxidation sites excluding steroid dienone is 1. The number of aliphatic hydroxyl groups excluding tert-OH is 1. The summed E-state index contributed by atoms with van der Waals surface area (Å²) < 4.78 is 0. The van der Waals surface area contributed by atoms with Gasteiger partial charge in [0.15, 0.2) is 0 Å². The summed E-state index contributed by atoms with van der Waals surface area (Å²) in [4.78, 5) is 10.6. The van der Waals surface area contributed by atoms with Gasteiger partial charge in [-0.15, -0.1) is 0 Å². The van der Waals surface area contributed by atoms with Gasteiger partial charge < -0.3 is 11.8 Å². The Balaban J connectivity index is 0.00000364. The first kappa shape index (κ1) is 24.0. The first-order chi connectivity index (χ1) is 12.3. The Bertz CT molecular complexity index is 992. The van der Waals surface area contributed by atoms with Crippen LogP contribution in [0, 0.1) is 21.4 Å². The van der Waals surface area contributed by atoms with E-state index in [9.17, 15) is 15.2 Å². The topological polar surface area (TPSA) is 99.2 Å². The van der Waals surface area contributed by atoms with Crippen molar-refractivity contribution >= 4 is 57.4 Å². The Labute approximate surface area is 214 Å². The Morgan fingerprint density at radius 1 is 1.33 bits per heavy atom. The van der Waals surface area contributed by atoms with Gasteiger partial charge in [-0.05, 0) is 25.1 Å². The molecular weight excluding hydrogens is 436 g/mol. The molecule has 0 aliphatic carbocycles. The molecule has 2 rings (SSSR count). The molecule has 0 atom stereocenters. The molecule has 0 aliphatic rings. The van der Waals surface area contributed by atoms with Gasteiger partial charge in [-0.1, -0.05) is 47.6 Å². The molecule has 0 saturated heterocycles. The van der Waals surface area contributed by atoms with E-state index in [0.29, 0.717) is 11.1 Å². The number of anilines is 1. The molecule has 2 aromatic rings. The standard InChI is InChI=1S/C17H11Cl2N3O3S.K.H/c1-9(23)15(11-6-5-10(8-20)7-13(11)19)17(26)21-16-12(18)3-2-4-14(16)22(24)25;;/h2-7,23H,1H3,(H,21,26);;/q;+1;-1. The maximum Gasteiger partial charge on any atom is 1.00 e. The van der Waals surface area contributed by atoms with Crippen molar-refractivity contribution in [1.82, 2.24) is 0 Å². The molecule has 2 aromatic carbocycles. The molecular formula is C17H12Cl2KN3O3S. The van der Waals surface area contributed by atoms with Crippen LogP contribution in [0.3, 0.4) is 0 Å². The fraction of sp³-hybridized carbons (Fsp3) is 0.0588. The first-order valence-electron chi connectivity index (χ1n) is 7.10. The average molecular weight is 448 g/mol. The molecule has 6 nitrogen and oxygen atoms in total. The van der Waals surface area contributed by atoms with Crippen LogP contribution in [0.15, 0.2) is 42.2 Å². The van der Waals surface area contributed by atoms with Gasteiger partial charge in [-0.2, -0.15) is 5.26 Å². The molecule has 10 heteroatoms. The zero-order chi connectivity index (χ0) is 19.4. The predicted molar refractivity (Wildman–Crippen MR) is 107 cm³/mol. The minimum absolute atomic E-state index is 0. The van der Waals surface area contributed by atoms with Crippen molar-refractivity contribution < 1.29 is 62.8 Å². The summed E-state index contributed by atoms with van der Waals surface area (Å²) in [6, 6.07) is 10.6. The average Bonchev–Trinajstić information content (AvgIpc) is 2.57. The number of nitrogens with one attached hydrogen (secondary N) is 1. The molecule has 0 fully saturated rings. The van der Waals surface area contributed by atoms with Crippen LogP contribution in [0.1, 0.15) is 19.5 Å². The van der Waals surface area contributed by atoms with Crippen molar-refractivity contribution in [2.45, 2.75) is 6.92 Å². The first-order valence-corrected chi connectivity index (χ1v) is 8.26. The van der Waals surface area contributed by atoms with E-state index in [-0.39, 0.29) is 90.6 Å². The summed E-state index contributed by atoms with van der Waals surface area (Å²) in [6.07, 6.45) is 0. The van der Waals surface area contributed by atoms with E-state index in [1.54, 1.807) is 0 Å². The van der Waals surface area contributed by atoms with Crippen LogP contribution in [-0.4, -0.2) is 15.0 Å². The molecule has 0 unspecified atom stereocenters. The van der Waals surface area contributed by atoms with Gasteiger partial charge in [-0.25, -0.2) is 0 Å². The number of nitro benzene ring substituents is 1. The van der Waals surface area contributed by atoms with Crippen LogP contribution in [0.4, 0.5) is 11.4 Å². The van der Waals surface area contributed by atoms with Crippen molar-refractivity contribution in [3.8, 4) is 6.07 Å². The molecule has 0 radical (unpaired) electrons. The number of hydrogen-bond donors (Lipinski definition) is 2. The second-order valence-electron chi connectivity index (χ2n) is 5.11. The van der Waals surface area contributed by atoms with E-state index < -0.39 is 4.92 Å². The van der Waals surface area contributed by atoms with Crippen LogP contribution in [0.25, 0.3) is 5.57 Å². The molecule has 0 aromatic heterocycles. The van der Waals surface area contributed by atoms with Crippen LogP contribution < -0.4 is 56.7 Å². The summed E-state index contributed by atoms with van der Waals surface area (Å²) in [5.41, 5.74) is 0.629. The van der Waals surface area contributed by atoms with Crippen molar-refractivity contribution in [3.63, 3.8) is 0 Å². The third-order valence-corrected chi connectivity index (χ3v) is 4.32. The molecule has 2 N–H and O–H groups in total. The number of nitrogens with zero attached hydrogens (tertiary/aromatic N) is 2. The number of halogens is 2. The predicted octanol–water partition coefficient (Wildman–Crippen LogP) is 2.62. The quantitative estimate of drug-likeness (QED) is 0.186. The molecule has 0 heterocycles. The van der Waals surface area contributed by atoms with Gasteiger partial charge in [0.1, 0.15) is 10.7 Å². The minimum Gasteiger partial charge on any atom is -1.00 e. The van der Waals surface area contributed by atoms with Crippen molar-refractivity contribution in [3.05, 3.63) is 73.4 Å². The monoisotopic (exact) mass is 447 g/mol. The third-order valence-electron chi connectivity index (χ3n) is 3.38. The van der Waals surface area contributed by atoms with Crippen molar-refractivity contribution in [2.24, 2.45) is 0 Å². The Morgan fingerprint density at radius 3 is 2.52 bits per heavy atom. The number of thiocarbonyl (C=S) groups is 1. The summed E-state index contributed by atoms with van der Waals surface area (Å²) in [5, 5.41) is 33.2. The number of benzene rings is 2. The smallest absolute Gasteiger partial charge is 1.00 e. The second kappa shape index (κ2) is 10.5. The molecule has 0 amide bonds. The Hall–Kier alpha value is -1.02. The van der Waals surface area contributed by atoms with Gasteiger partial charge >= 0.3 is 51.4 Å². The van der Waals surface area contributed by atoms with Gasteiger partial charge in [-0.3, -0.25) is 10.1 Å². The number of rotatable bonds is 4. The third kappa shape index (κ3) is 5.73. The number of hydrogen-bond acceptors (Lipinski definition) is 5. The van der Waals surface area contributed by atoms with Crippen molar-refractivity contribution in [1.29, 1.82) is 5.26 Å². The van der Waals surface area contributed by atoms with Gasteiger partial charge in [0.25, 0.3) is 5.69 Å². The normalized spacial score (nSPS) is 10.9. The van der Waals surface area contributed by atoms with E-state index >= 15 is 0 Å². The Kier molecular flexibility index (Phi) is 9.34. The van der Waals surface area contributed by atoms with Crippen LogP contribution in [-0.2, 0) is 0 Å². The number of para-hydroxylation sites is 1. The van der Waals surface area contributed by atoms with Crippen LogP contribution >= 0.6 is 35.4 Å². The fourth-order valence-corrected chi connectivity index (χ4v) is 3.09. The van der Waals surface area contributed by atoms with Gasteiger partial charge in [0, 0.05) is 16.7 Å². The molecule has 0 spiro atoms. The number of aliphatic hydroxyl groups is 1. The zero-order valence-corrected chi connectivity index (χ0v) is 19.7. The zero-order valence-electron chi connectivity index (χ0n) is 15.3. The van der Waals surface area contributed by atoms with E-state index in [4.69, 9.17) is 40.7 Å². The largest absolute Gasteiger partial charge is 1.00 e. The molecule has 0 saturated carbocycles. The van der Waals surface area contributed by atoms with Crippen LogP contribution in [0.2, 0.25) is 10.0 Å². The van der Waals surface area contributed by atoms with E-state index in [1.165, 1.54) is 43.3 Å². The summed E-state index contributed by atoms with van der Waals surface area (Å²) in [7, 11) is 0. The van der Waals surface area contributed by atoms with Gasteiger partial charge in [0.05, 0.1) is 32.9 Å². The molecule has 27 heavy (non-hydrogen) atoms. The molecule has 0 aliphatic heterocycles. The van der Waals surface area contributed by atoms with Crippen LogP contribution in [0.5, 0.6) is 0 Å². The number of nitro groups is 1.